The second-order valence-electron chi connectivity index (χ2n) is 4.84. The Morgan fingerprint density at radius 3 is 1.00 bits per heavy atom. The van der Waals surface area contributed by atoms with Crippen molar-refractivity contribution in [3.05, 3.63) is 91.0 Å². The SMILES string of the molecule is O=C(Cl)Cl.O=P(c1ccccc1)(c1ccccc1)c1ccccc1. The summed E-state index contributed by atoms with van der Waals surface area (Å²) in [5.41, 5.74) is 0. The Kier molecular flexibility index (Phi) is 6.81. The maximum absolute atomic E-state index is 13.8. The van der Waals surface area contributed by atoms with E-state index in [-0.39, 0.29) is 0 Å². The minimum atomic E-state index is -2.78. The lowest BCUT2D eigenvalue weighted by Gasteiger charge is -2.19. The number of benzene rings is 3. The van der Waals surface area contributed by atoms with Gasteiger partial charge in [0.05, 0.1) is 0 Å². The van der Waals surface area contributed by atoms with Crippen molar-refractivity contribution in [1.29, 1.82) is 0 Å². The highest BCUT2D eigenvalue weighted by Crippen LogP contribution is 2.41. The van der Waals surface area contributed by atoms with Crippen molar-refractivity contribution in [3.8, 4) is 0 Å². The number of rotatable bonds is 3. The predicted molar refractivity (Wildman–Crippen MR) is 103 cm³/mol. The number of halogens is 2. The molecule has 0 aromatic heterocycles. The van der Waals surface area contributed by atoms with Gasteiger partial charge in [-0.15, -0.1) is 0 Å². The van der Waals surface area contributed by atoms with Crippen LogP contribution >= 0.6 is 30.3 Å². The van der Waals surface area contributed by atoms with Crippen molar-refractivity contribution in [2.75, 3.05) is 0 Å². The summed E-state index contributed by atoms with van der Waals surface area (Å²) >= 11 is 8.80. The lowest BCUT2D eigenvalue weighted by atomic mass is 10.4. The number of hydrogen-bond acceptors (Lipinski definition) is 2. The third kappa shape index (κ3) is 4.58. The highest BCUT2D eigenvalue weighted by molar-refractivity contribution is 7.85. The van der Waals surface area contributed by atoms with Crippen LogP contribution in [0.2, 0.25) is 0 Å². The van der Waals surface area contributed by atoms with Crippen LogP contribution in [0.5, 0.6) is 0 Å². The first-order chi connectivity index (χ1) is 11.5. The Hall–Kier alpha value is -1.86. The fraction of sp³-hybridized carbons (Fsp3) is 0. The Balaban J connectivity index is 0.000000471. The van der Waals surface area contributed by atoms with Crippen molar-refractivity contribution in [1.82, 2.24) is 0 Å². The van der Waals surface area contributed by atoms with E-state index in [0.29, 0.717) is 0 Å². The Bertz CT molecular complexity index is 714. The number of carbonyl (C=O) groups excluding carboxylic acids is 1. The molecule has 0 aliphatic rings. The van der Waals surface area contributed by atoms with Crippen molar-refractivity contribution in [3.63, 3.8) is 0 Å². The van der Waals surface area contributed by atoms with Crippen LogP contribution in [0.1, 0.15) is 0 Å². The van der Waals surface area contributed by atoms with E-state index < -0.39 is 11.8 Å². The fourth-order valence-corrected chi connectivity index (χ4v) is 5.03. The van der Waals surface area contributed by atoms with Crippen molar-refractivity contribution in [2.24, 2.45) is 0 Å². The number of carbonyl (C=O) groups is 1. The molecule has 0 aliphatic heterocycles. The molecule has 122 valence electrons. The van der Waals surface area contributed by atoms with Crippen LogP contribution in [0.25, 0.3) is 0 Å². The Morgan fingerprint density at radius 2 is 0.792 bits per heavy atom. The average Bonchev–Trinajstić information content (AvgIpc) is 2.63. The van der Waals surface area contributed by atoms with Gasteiger partial charge in [-0.2, -0.15) is 0 Å². The summed E-state index contributed by atoms with van der Waals surface area (Å²) in [6.07, 6.45) is 0. The normalized spacial score (nSPS) is 10.4. The molecule has 0 radical (unpaired) electrons. The van der Waals surface area contributed by atoms with E-state index in [2.05, 4.69) is 23.2 Å². The zero-order valence-electron chi connectivity index (χ0n) is 12.7. The highest BCUT2D eigenvalue weighted by atomic mass is 35.5. The molecule has 0 atom stereocenters. The van der Waals surface area contributed by atoms with E-state index in [4.69, 9.17) is 4.79 Å². The van der Waals surface area contributed by atoms with Crippen LogP contribution in [0.4, 0.5) is 4.79 Å². The van der Waals surface area contributed by atoms with Crippen LogP contribution in [-0.4, -0.2) is 4.70 Å². The first-order valence-electron chi connectivity index (χ1n) is 7.17. The molecule has 0 unspecified atom stereocenters. The summed E-state index contributed by atoms with van der Waals surface area (Å²) in [4.78, 5) is 8.98. The van der Waals surface area contributed by atoms with Gasteiger partial charge in [0.1, 0.15) is 0 Å². The van der Waals surface area contributed by atoms with E-state index in [1.807, 2.05) is 91.0 Å². The van der Waals surface area contributed by atoms with Crippen LogP contribution in [0.15, 0.2) is 91.0 Å². The molecule has 0 saturated heterocycles. The molecule has 0 aliphatic carbocycles. The molecule has 0 amide bonds. The van der Waals surface area contributed by atoms with E-state index in [1.54, 1.807) is 0 Å². The van der Waals surface area contributed by atoms with Gasteiger partial charge in [0, 0.05) is 15.9 Å². The largest absolute Gasteiger partial charge is 0.313 e. The topological polar surface area (TPSA) is 34.1 Å². The summed E-state index contributed by atoms with van der Waals surface area (Å²) in [5.74, 6) is 0. The molecule has 0 heterocycles. The molecule has 2 nitrogen and oxygen atoms in total. The lowest BCUT2D eigenvalue weighted by Crippen LogP contribution is -2.24. The van der Waals surface area contributed by atoms with Gasteiger partial charge in [-0.3, -0.25) is 4.79 Å². The molecule has 0 saturated carbocycles. The van der Waals surface area contributed by atoms with Crippen LogP contribution in [0.3, 0.4) is 0 Å². The molecule has 24 heavy (non-hydrogen) atoms. The molecular formula is C19H15Cl2O2P. The maximum Gasteiger partial charge on any atom is 0.313 e. The van der Waals surface area contributed by atoms with Gasteiger partial charge < -0.3 is 4.57 Å². The first-order valence-corrected chi connectivity index (χ1v) is 9.63. The lowest BCUT2D eigenvalue weighted by molar-refractivity contribution is 0.275. The van der Waals surface area contributed by atoms with Gasteiger partial charge >= 0.3 is 4.70 Å². The van der Waals surface area contributed by atoms with Crippen molar-refractivity contribution < 1.29 is 9.36 Å². The first kappa shape index (κ1) is 18.5. The van der Waals surface area contributed by atoms with Crippen molar-refractivity contribution in [2.45, 2.75) is 0 Å². The van der Waals surface area contributed by atoms with E-state index in [9.17, 15) is 4.57 Å². The third-order valence-corrected chi connectivity index (χ3v) is 6.44. The van der Waals surface area contributed by atoms with E-state index >= 15 is 0 Å². The molecule has 0 spiro atoms. The highest BCUT2D eigenvalue weighted by Gasteiger charge is 2.28. The Morgan fingerprint density at radius 1 is 0.583 bits per heavy atom. The van der Waals surface area contributed by atoms with Gasteiger partial charge in [-0.05, 0) is 23.2 Å². The van der Waals surface area contributed by atoms with Crippen LogP contribution < -0.4 is 15.9 Å². The van der Waals surface area contributed by atoms with Crippen LogP contribution in [0, 0.1) is 0 Å². The summed E-state index contributed by atoms with van der Waals surface area (Å²) in [6, 6.07) is 29.1. The Labute approximate surface area is 151 Å². The summed E-state index contributed by atoms with van der Waals surface area (Å²) in [6.45, 7) is 0. The number of hydrogen-bond donors (Lipinski definition) is 0. The van der Waals surface area contributed by atoms with Gasteiger partial charge in [-0.25, -0.2) is 0 Å². The maximum atomic E-state index is 13.8. The zero-order chi connectivity index (χ0) is 17.4. The minimum Gasteiger partial charge on any atom is -0.309 e. The van der Waals surface area contributed by atoms with E-state index in [0.717, 1.165) is 15.9 Å². The molecule has 3 rings (SSSR count). The van der Waals surface area contributed by atoms with Crippen molar-refractivity contribution >= 4 is 51.0 Å². The second kappa shape index (κ2) is 8.84. The summed E-state index contributed by atoms with van der Waals surface area (Å²) in [5, 5.41) is 2.62. The van der Waals surface area contributed by atoms with Crippen LogP contribution in [-0.2, 0) is 4.57 Å². The van der Waals surface area contributed by atoms with Gasteiger partial charge in [0.2, 0.25) is 0 Å². The molecule has 0 fully saturated rings. The third-order valence-electron chi connectivity index (χ3n) is 3.36. The smallest absolute Gasteiger partial charge is 0.309 e. The van der Waals surface area contributed by atoms with E-state index in [1.165, 1.54) is 0 Å². The molecule has 3 aromatic rings. The summed E-state index contributed by atoms with van der Waals surface area (Å²) in [7, 11) is -2.78. The van der Waals surface area contributed by atoms with Gasteiger partial charge in [0.15, 0.2) is 7.14 Å². The van der Waals surface area contributed by atoms with Gasteiger partial charge in [0.25, 0.3) is 0 Å². The average molecular weight is 377 g/mol. The van der Waals surface area contributed by atoms with Gasteiger partial charge in [-0.1, -0.05) is 91.0 Å². The molecular weight excluding hydrogens is 362 g/mol. The molecule has 0 N–H and O–H groups in total. The molecule has 5 heteroatoms. The minimum absolute atomic E-state index is 0.873. The predicted octanol–water partition coefficient (Wildman–Crippen LogP) is 4.91. The second-order valence-corrected chi connectivity index (χ2v) is 8.49. The molecule has 3 aromatic carbocycles. The quantitative estimate of drug-likeness (QED) is 0.480. The summed E-state index contributed by atoms with van der Waals surface area (Å²) < 4.78 is 12.9. The zero-order valence-corrected chi connectivity index (χ0v) is 15.1. The molecule has 0 bridgehead atoms. The standard InChI is InChI=1S/C18H15OP.CCl2O/c19-20(16-10-4-1-5-11-16,17-12-6-2-7-13-17)18-14-8-3-9-15-18;2-1(3)4/h1-15H;. The monoisotopic (exact) mass is 376 g/mol. The fourth-order valence-electron chi connectivity index (χ4n) is 2.36.